The molecular weight excluding hydrogens is 381 g/mol. The van der Waals surface area contributed by atoms with E-state index in [2.05, 4.69) is 15.1 Å². The zero-order valence-corrected chi connectivity index (χ0v) is 17.3. The fourth-order valence-corrected chi connectivity index (χ4v) is 4.68. The van der Waals surface area contributed by atoms with E-state index in [1.165, 1.54) is 25.0 Å². The van der Waals surface area contributed by atoms with Crippen molar-refractivity contribution in [1.29, 1.82) is 0 Å². The third kappa shape index (κ3) is 5.11. The summed E-state index contributed by atoms with van der Waals surface area (Å²) in [7, 11) is 0. The van der Waals surface area contributed by atoms with Crippen molar-refractivity contribution in [2.24, 2.45) is 5.92 Å². The van der Waals surface area contributed by atoms with Crippen LogP contribution in [0.2, 0.25) is 0 Å². The fraction of sp³-hybridized carbons (Fsp3) is 0.458. The molecule has 30 heavy (non-hydrogen) atoms. The minimum atomic E-state index is -0.248. The molecule has 0 radical (unpaired) electrons. The highest BCUT2D eigenvalue weighted by Gasteiger charge is 2.28. The van der Waals surface area contributed by atoms with Crippen molar-refractivity contribution in [3.63, 3.8) is 0 Å². The first-order valence-electron chi connectivity index (χ1n) is 10.9. The third-order valence-corrected chi connectivity index (χ3v) is 6.37. The van der Waals surface area contributed by atoms with Gasteiger partial charge in [0.1, 0.15) is 11.6 Å². The van der Waals surface area contributed by atoms with Gasteiger partial charge in [0.2, 0.25) is 5.91 Å². The summed E-state index contributed by atoms with van der Waals surface area (Å²) in [6.45, 7) is 3.72. The average molecular weight is 412 g/mol. The molecule has 1 saturated heterocycles. The Hall–Kier alpha value is -2.60. The van der Waals surface area contributed by atoms with Crippen molar-refractivity contribution in [1.82, 2.24) is 10.2 Å². The fourth-order valence-electron chi connectivity index (χ4n) is 4.68. The first-order chi connectivity index (χ1) is 14.6. The lowest BCUT2D eigenvalue weighted by molar-refractivity contribution is -0.123. The lowest BCUT2D eigenvalue weighted by Gasteiger charge is -2.36. The van der Waals surface area contributed by atoms with Crippen LogP contribution in [0.1, 0.15) is 37.3 Å². The van der Waals surface area contributed by atoms with Crippen LogP contribution in [0.3, 0.4) is 0 Å². The van der Waals surface area contributed by atoms with E-state index in [1.54, 1.807) is 24.3 Å². The van der Waals surface area contributed by atoms with E-state index in [4.69, 9.17) is 0 Å². The van der Waals surface area contributed by atoms with Crippen LogP contribution in [-0.4, -0.2) is 48.6 Å². The van der Waals surface area contributed by atoms with Gasteiger partial charge in [-0.05, 0) is 60.7 Å². The standard InChI is InChI=1S/C24H30FN3O2/c25-20-7-5-19(6-8-20)24(18-3-1-2-4-18)26-23(30)17-27-13-15-28(16-14-27)21-9-11-22(29)12-10-21/h5-12,18,24,29H,1-4,13-17H2,(H,26,30). The van der Waals surface area contributed by atoms with E-state index < -0.39 is 0 Å². The minimum Gasteiger partial charge on any atom is -0.508 e. The summed E-state index contributed by atoms with van der Waals surface area (Å²) in [5.41, 5.74) is 2.09. The molecule has 1 amide bonds. The van der Waals surface area contributed by atoms with Crippen LogP contribution < -0.4 is 10.2 Å². The number of hydrogen-bond acceptors (Lipinski definition) is 4. The smallest absolute Gasteiger partial charge is 0.234 e. The number of nitrogens with one attached hydrogen (secondary N) is 1. The second kappa shape index (κ2) is 9.47. The van der Waals surface area contributed by atoms with Gasteiger partial charge in [-0.2, -0.15) is 0 Å². The molecule has 2 aromatic carbocycles. The summed E-state index contributed by atoms with van der Waals surface area (Å²) in [6.07, 6.45) is 4.59. The highest BCUT2D eigenvalue weighted by Crippen LogP contribution is 2.35. The van der Waals surface area contributed by atoms with Crippen LogP contribution in [0.4, 0.5) is 10.1 Å². The lowest BCUT2D eigenvalue weighted by Crippen LogP contribution is -2.50. The van der Waals surface area contributed by atoms with Crippen LogP contribution in [0, 0.1) is 11.7 Å². The Kier molecular flexibility index (Phi) is 6.53. The highest BCUT2D eigenvalue weighted by molar-refractivity contribution is 5.78. The van der Waals surface area contributed by atoms with Gasteiger partial charge < -0.3 is 15.3 Å². The van der Waals surface area contributed by atoms with Crippen molar-refractivity contribution >= 4 is 11.6 Å². The SMILES string of the molecule is O=C(CN1CCN(c2ccc(O)cc2)CC1)NC(c1ccc(F)cc1)C1CCCC1. The van der Waals surface area contributed by atoms with Crippen molar-refractivity contribution in [3.8, 4) is 5.75 Å². The molecule has 6 heteroatoms. The normalized spacial score (nSPS) is 19.0. The number of hydrogen-bond donors (Lipinski definition) is 2. The van der Waals surface area contributed by atoms with Gasteiger partial charge in [-0.1, -0.05) is 25.0 Å². The summed E-state index contributed by atoms with van der Waals surface area (Å²) in [5, 5.41) is 12.7. The third-order valence-electron chi connectivity index (χ3n) is 6.37. The van der Waals surface area contributed by atoms with Crippen LogP contribution >= 0.6 is 0 Å². The highest BCUT2D eigenvalue weighted by atomic mass is 19.1. The van der Waals surface area contributed by atoms with Gasteiger partial charge in [-0.15, -0.1) is 0 Å². The maximum atomic E-state index is 13.4. The van der Waals surface area contributed by atoms with E-state index >= 15 is 0 Å². The van der Waals surface area contributed by atoms with E-state index in [1.807, 2.05) is 12.1 Å². The van der Waals surface area contributed by atoms with Gasteiger partial charge in [0.25, 0.3) is 0 Å². The maximum absolute atomic E-state index is 13.4. The summed E-state index contributed by atoms with van der Waals surface area (Å²) in [4.78, 5) is 17.3. The second-order valence-electron chi connectivity index (χ2n) is 8.42. The number of phenolic OH excluding ortho intramolecular Hbond substituents is 1. The van der Waals surface area contributed by atoms with Crippen LogP contribution in [0.15, 0.2) is 48.5 Å². The molecule has 160 valence electrons. The van der Waals surface area contributed by atoms with E-state index in [0.29, 0.717) is 12.5 Å². The Labute approximate surface area is 177 Å². The number of aromatic hydroxyl groups is 1. The zero-order valence-electron chi connectivity index (χ0n) is 17.3. The minimum absolute atomic E-state index is 0.0364. The summed E-state index contributed by atoms with van der Waals surface area (Å²) in [5.74, 6) is 0.480. The largest absolute Gasteiger partial charge is 0.508 e. The monoisotopic (exact) mass is 411 g/mol. The Bertz CT molecular complexity index is 827. The van der Waals surface area contributed by atoms with Crippen molar-refractivity contribution in [2.45, 2.75) is 31.7 Å². The van der Waals surface area contributed by atoms with E-state index in [-0.39, 0.29) is 23.5 Å². The number of amides is 1. The van der Waals surface area contributed by atoms with Gasteiger partial charge in [0, 0.05) is 31.9 Å². The predicted molar refractivity (Wildman–Crippen MR) is 116 cm³/mol. The molecule has 2 fully saturated rings. The molecule has 0 bridgehead atoms. The molecule has 0 aromatic heterocycles. The number of carbonyl (C=O) groups is 1. The predicted octanol–water partition coefficient (Wildman–Crippen LogP) is 3.70. The number of piperazine rings is 1. The first-order valence-corrected chi connectivity index (χ1v) is 10.9. The molecule has 1 atom stereocenters. The van der Waals surface area contributed by atoms with Gasteiger partial charge in [0.05, 0.1) is 12.6 Å². The summed E-state index contributed by atoms with van der Waals surface area (Å²) in [6, 6.07) is 13.8. The Morgan fingerprint density at radius 1 is 1.00 bits per heavy atom. The molecule has 4 rings (SSSR count). The van der Waals surface area contributed by atoms with Gasteiger partial charge in [-0.25, -0.2) is 4.39 Å². The Morgan fingerprint density at radius 2 is 1.63 bits per heavy atom. The summed E-state index contributed by atoms with van der Waals surface area (Å²) < 4.78 is 13.4. The lowest BCUT2D eigenvalue weighted by atomic mass is 9.91. The number of benzene rings is 2. The average Bonchev–Trinajstić information content (AvgIpc) is 3.29. The second-order valence-corrected chi connectivity index (χ2v) is 8.42. The van der Waals surface area contributed by atoms with Gasteiger partial charge in [0.15, 0.2) is 0 Å². The Morgan fingerprint density at radius 3 is 2.27 bits per heavy atom. The number of anilines is 1. The van der Waals surface area contributed by atoms with Crippen molar-refractivity contribution in [3.05, 3.63) is 59.9 Å². The molecule has 1 aliphatic heterocycles. The quantitative estimate of drug-likeness (QED) is 0.761. The number of nitrogens with zero attached hydrogens (tertiary/aromatic N) is 2. The topological polar surface area (TPSA) is 55.8 Å². The number of rotatable bonds is 6. The number of halogens is 1. The van der Waals surface area contributed by atoms with Crippen LogP contribution in [-0.2, 0) is 4.79 Å². The van der Waals surface area contributed by atoms with Crippen LogP contribution in [0.5, 0.6) is 5.75 Å². The van der Waals surface area contributed by atoms with Crippen molar-refractivity contribution in [2.75, 3.05) is 37.6 Å². The van der Waals surface area contributed by atoms with Crippen molar-refractivity contribution < 1.29 is 14.3 Å². The van der Waals surface area contributed by atoms with Crippen LogP contribution in [0.25, 0.3) is 0 Å². The maximum Gasteiger partial charge on any atom is 0.234 e. The first kappa shape index (κ1) is 20.7. The number of phenols is 1. The number of carbonyl (C=O) groups excluding carboxylic acids is 1. The molecule has 2 aromatic rings. The van der Waals surface area contributed by atoms with Gasteiger partial charge in [-0.3, -0.25) is 9.69 Å². The molecule has 1 aliphatic carbocycles. The zero-order chi connectivity index (χ0) is 20.9. The van der Waals surface area contributed by atoms with E-state index in [0.717, 1.165) is 50.3 Å². The Balaban J connectivity index is 1.32. The summed E-state index contributed by atoms with van der Waals surface area (Å²) >= 11 is 0. The molecule has 5 nitrogen and oxygen atoms in total. The molecule has 1 saturated carbocycles. The molecule has 2 N–H and O–H groups in total. The molecule has 1 unspecified atom stereocenters. The molecular formula is C24H30FN3O2. The molecule has 0 spiro atoms. The van der Waals surface area contributed by atoms with E-state index in [9.17, 15) is 14.3 Å². The molecule has 1 heterocycles. The van der Waals surface area contributed by atoms with Gasteiger partial charge >= 0.3 is 0 Å². The molecule has 2 aliphatic rings.